The van der Waals surface area contributed by atoms with Crippen molar-refractivity contribution in [1.82, 2.24) is 0 Å². The summed E-state index contributed by atoms with van der Waals surface area (Å²) in [6, 6.07) is 39.6. The van der Waals surface area contributed by atoms with Crippen molar-refractivity contribution in [2.24, 2.45) is 5.10 Å². The Morgan fingerprint density at radius 1 is 0.520 bits per heavy atom. The monoisotopic (exact) mass is 845 g/mol. The second-order valence-corrected chi connectivity index (χ2v) is 14.0. The van der Waals surface area contributed by atoms with Gasteiger partial charge >= 0.3 is 0 Å². The molecule has 0 atom stereocenters. The molecular formula is C44H48AuN4O-2. The maximum atomic E-state index is 5.68. The van der Waals surface area contributed by atoms with Crippen molar-refractivity contribution in [1.29, 1.82) is 0 Å². The Morgan fingerprint density at radius 3 is 1.40 bits per heavy atom. The summed E-state index contributed by atoms with van der Waals surface area (Å²) >= 11 is 0. The maximum absolute atomic E-state index is 5.68. The summed E-state index contributed by atoms with van der Waals surface area (Å²) in [5.74, 6) is 4.22. The van der Waals surface area contributed by atoms with Crippen LogP contribution in [0.15, 0.2) is 120 Å². The van der Waals surface area contributed by atoms with E-state index in [0.29, 0.717) is 23.7 Å². The molecular weight excluding hydrogens is 797 g/mol. The molecule has 0 fully saturated rings. The van der Waals surface area contributed by atoms with E-state index in [0.717, 1.165) is 34.3 Å². The molecule has 0 unspecified atom stereocenters. The van der Waals surface area contributed by atoms with Gasteiger partial charge in [-0.15, -0.1) is 6.67 Å². The number of nitrogens with zero attached hydrogens (tertiary/aromatic N) is 4. The first-order chi connectivity index (χ1) is 23.6. The molecule has 0 saturated carbocycles. The van der Waals surface area contributed by atoms with E-state index in [4.69, 9.17) is 9.84 Å². The second kappa shape index (κ2) is 16.2. The molecule has 0 N–H and O–H groups in total. The van der Waals surface area contributed by atoms with Crippen LogP contribution in [0.4, 0.5) is 22.7 Å². The van der Waals surface area contributed by atoms with E-state index in [1.807, 2.05) is 48.5 Å². The first-order valence-electron chi connectivity index (χ1n) is 17.5. The van der Waals surface area contributed by atoms with E-state index >= 15 is 0 Å². The van der Waals surface area contributed by atoms with Gasteiger partial charge < -0.3 is 20.0 Å². The van der Waals surface area contributed by atoms with Crippen molar-refractivity contribution in [2.75, 3.05) is 9.91 Å². The molecule has 0 aliphatic carbocycles. The van der Waals surface area contributed by atoms with E-state index in [-0.39, 0.29) is 22.4 Å². The minimum atomic E-state index is 0. The normalized spacial score (nSPS) is 13.2. The van der Waals surface area contributed by atoms with Gasteiger partial charge in [0.1, 0.15) is 17.3 Å². The van der Waals surface area contributed by atoms with Gasteiger partial charge in [0.15, 0.2) is 0 Å². The van der Waals surface area contributed by atoms with E-state index in [1.54, 1.807) is 0 Å². The smallest absolute Gasteiger partial charge is 0.129 e. The summed E-state index contributed by atoms with van der Waals surface area (Å²) in [6.45, 7) is 20.4. The number of hydrazone groups is 1. The quantitative estimate of drug-likeness (QED) is 0.119. The fourth-order valence-electron chi connectivity index (χ4n) is 6.48. The summed E-state index contributed by atoms with van der Waals surface area (Å²) in [5, 5.41) is 11.9. The van der Waals surface area contributed by atoms with Crippen molar-refractivity contribution in [3.05, 3.63) is 155 Å². The van der Waals surface area contributed by atoms with Crippen LogP contribution in [-0.2, 0) is 22.4 Å². The summed E-state index contributed by atoms with van der Waals surface area (Å²) in [5.41, 5.74) is 10.7. The molecule has 5 nitrogen and oxygen atoms in total. The van der Waals surface area contributed by atoms with Crippen LogP contribution in [-0.4, -0.2) is 5.84 Å². The van der Waals surface area contributed by atoms with E-state index in [2.05, 4.69) is 144 Å². The SMILES string of the molecule is CC(C)c1cccc(C(C)C)c1N1[CH-]N(c2c(C(C)C)cccc2C(C)C)C(c2ccccc2)=N1.[Au].c1ccc2c(c1)[N-]c1ccccc1O2. The van der Waals surface area contributed by atoms with Gasteiger partial charge in [-0.3, -0.25) is 0 Å². The maximum Gasteiger partial charge on any atom is 0.129 e. The third-order valence-corrected chi connectivity index (χ3v) is 9.03. The van der Waals surface area contributed by atoms with Gasteiger partial charge in [0.05, 0.1) is 0 Å². The van der Waals surface area contributed by atoms with Gasteiger partial charge in [-0.2, -0.15) is 5.10 Å². The Morgan fingerprint density at radius 2 is 0.940 bits per heavy atom. The number of hydrogen-bond donors (Lipinski definition) is 0. The van der Waals surface area contributed by atoms with Crippen LogP contribution in [0.25, 0.3) is 5.32 Å². The molecule has 263 valence electrons. The zero-order valence-electron chi connectivity index (χ0n) is 30.4. The van der Waals surface area contributed by atoms with Gasteiger partial charge in [0, 0.05) is 39.3 Å². The number of para-hydroxylation sites is 6. The predicted molar refractivity (Wildman–Crippen MR) is 207 cm³/mol. The number of ether oxygens (including phenoxy) is 1. The fraction of sp³-hybridized carbons (Fsp3) is 0.273. The third kappa shape index (κ3) is 7.71. The van der Waals surface area contributed by atoms with Crippen LogP contribution in [0.2, 0.25) is 0 Å². The summed E-state index contributed by atoms with van der Waals surface area (Å²) < 4.78 is 5.68. The molecule has 0 spiro atoms. The Kier molecular flexibility index (Phi) is 11.9. The number of amidine groups is 1. The van der Waals surface area contributed by atoms with E-state index < -0.39 is 0 Å². The number of hydrogen-bond acceptors (Lipinski definition) is 4. The Hall–Kier alpha value is -4.29. The largest absolute Gasteiger partial charge is 0.652 e. The number of anilines is 2. The van der Waals surface area contributed by atoms with Crippen LogP contribution in [0.3, 0.4) is 0 Å². The molecule has 6 heteroatoms. The number of rotatable bonds is 7. The zero-order chi connectivity index (χ0) is 34.7. The molecule has 50 heavy (non-hydrogen) atoms. The molecule has 2 aliphatic heterocycles. The average molecular weight is 846 g/mol. The zero-order valence-corrected chi connectivity index (χ0v) is 32.5. The van der Waals surface area contributed by atoms with Crippen molar-refractivity contribution in [2.45, 2.75) is 79.1 Å². The van der Waals surface area contributed by atoms with E-state index in [1.165, 1.54) is 33.6 Å². The van der Waals surface area contributed by atoms with Crippen LogP contribution < -0.4 is 14.6 Å². The second-order valence-electron chi connectivity index (χ2n) is 14.0. The van der Waals surface area contributed by atoms with Crippen LogP contribution in [0, 0.1) is 6.67 Å². The van der Waals surface area contributed by atoms with Gasteiger partial charge in [-0.1, -0.05) is 170 Å². The van der Waals surface area contributed by atoms with Crippen molar-refractivity contribution >= 4 is 28.6 Å². The molecule has 7 rings (SSSR count). The predicted octanol–water partition coefficient (Wildman–Crippen LogP) is 13.1. The molecule has 0 aromatic heterocycles. The van der Waals surface area contributed by atoms with Crippen LogP contribution >= 0.6 is 0 Å². The Balaban J connectivity index is 0.000000268. The summed E-state index contributed by atoms with van der Waals surface area (Å²) in [7, 11) is 0. The van der Waals surface area contributed by atoms with Gasteiger partial charge in [-0.25, -0.2) is 0 Å². The van der Waals surface area contributed by atoms with Crippen molar-refractivity contribution in [3.63, 3.8) is 0 Å². The number of fused-ring (bicyclic) bond motifs is 2. The Bertz CT molecular complexity index is 1790. The molecule has 2 heterocycles. The van der Waals surface area contributed by atoms with Crippen LogP contribution in [0.5, 0.6) is 11.5 Å². The molecule has 1 radical (unpaired) electrons. The first-order valence-corrected chi connectivity index (χ1v) is 17.5. The molecule has 5 aromatic carbocycles. The third-order valence-electron chi connectivity index (χ3n) is 9.03. The fourth-order valence-corrected chi connectivity index (χ4v) is 6.48. The summed E-state index contributed by atoms with van der Waals surface area (Å²) in [4.78, 5) is 2.33. The van der Waals surface area contributed by atoms with Crippen LogP contribution in [0.1, 0.15) is 107 Å². The standard InChI is InChI=1S/C32H40N3.C12H8NO.Au/c1-21(2)26-16-12-17-27(22(3)4)30(26)34-20-35(33-32(34)25-14-10-9-11-15-25)31-28(23(5)6)18-13-19-29(31)24(7)8;1-3-7-11-9(5-1)13-10-6-2-4-8-12(10)14-11;/h9-24H,1-8H3;1-8H;/q2*-1;. The molecule has 5 aromatic rings. The van der Waals surface area contributed by atoms with Gasteiger partial charge in [0.25, 0.3) is 0 Å². The minimum Gasteiger partial charge on any atom is -0.652 e. The minimum absolute atomic E-state index is 0. The van der Waals surface area contributed by atoms with Gasteiger partial charge in [0.2, 0.25) is 0 Å². The van der Waals surface area contributed by atoms with Crippen molar-refractivity contribution in [3.8, 4) is 11.5 Å². The Labute approximate surface area is 314 Å². The molecule has 2 aliphatic rings. The molecule has 0 saturated heterocycles. The topological polar surface area (TPSA) is 42.2 Å². The van der Waals surface area contributed by atoms with E-state index in [9.17, 15) is 0 Å². The average Bonchev–Trinajstić information content (AvgIpc) is 3.55. The first kappa shape index (κ1) is 37.0. The molecule has 0 amide bonds. The summed E-state index contributed by atoms with van der Waals surface area (Å²) in [6.07, 6.45) is 0. The molecule has 0 bridgehead atoms. The van der Waals surface area contributed by atoms with Gasteiger partial charge in [-0.05, 0) is 58.1 Å². The van der Waals surface area contributed by atoms with Crippen molar-refractivity contribution < 1.29 is 27.1 Å². The number of benzene rings is 5.